The number of likely N-dealkylation sites (N-methyl/N-ethyl adjacent to an activating group) is 1. The molecular formula is C25H46N6O3+2. The quantitative estimate of drug-likeness (QED) is 0.411. The number of amides is 2. The summed E-state index contributed by atoms with van der Waals surface area (Å²) in [4.78, 5) is 34.7. The van der Waals surface area contributed by atoms with Crippen molar-refractivity contribution in [3.8, 4) is 0 Å². The van der Waals surface area contributed by atoms with E-state index in [-0.39, 0.29) is 11.9 Å². The largest absolute Gasteiger partial charge is 0.381 e. The van der Waals surface area contributed by atoms with Gasteiger partial charge in [-0.05, 0) is 25.7 Å². The Bertz CT molecular complexity index is 703. The molecule has 0 radical (unpaired) electrons. The molecule has 0 saturated carbocycles. The Kier molecular flexibility index (Phi) is 8.05. The number of quaternary nitrogens is 2. The molecule has 5 fully saturated rings. The number of hydrogen-bond donors (Lipinski definition) is 3. The van der Waals surface area contributed by atoms with Gasteiger partial charge in [0.05, 0.1) is 20.1 Å². The predicted molar refractivity (Wildman–Crippen MR) is 128 cm³/mol. The van der Waals surface area contributed by atoms with Gasteiger partial charge in [0.15, 0.2) is 0 Å². The van der Waals surface area contributed by atoms with Gasteiger partial charge in [0, 0.05) is 77.7 Å². The molecule has 9 nitrogen and oxygen atoms in total. The maximum Gasteiger partial charge on any atom is 0.243 e. The van der Waals surface area contributed by atoms with Crippen LogP contribution in [0.4, 0.5) is 0 Å². The summed E-state index contributed by atoms with van der Waals surface area (Å²) in [7, 11) is 2.25. The van der Waals surface area contributed by atoms with Gasteiger partial charge in [-0.2, -0.15) is 0 Å². The zero-order valence-electron chi connectivity index (χ0n) is 21.1. The molecule has 5 saturated heterocycles. The van der Waals surface area contributed by atoms with E-state index in [4.69, 9.17) is 4.74 Å². The third-order valence-corrected chi connectivity index (χ3v) is 9.35. The Morgan fingerprint density at radius 2 is 1.88 bits per heavy atom. The molecule has 5 aliphatic rings. The van der Waals surface area contributed by atoms with Crippen LogP contribution in [0.25, 0.3) is 0 Å². The van der Waals surface area contributed by atoms with Crippen LogP contribution < -0.4 is 15.5 Å². The number of piperazine rings is 1. The van der Waals surface area contributed by atoms with Gasteiger partial charge in [-0.1, -0.05) is 0 Å². The lowest BCUT2D eigenvalue weighted by Crippen LogP contribution is -3.18. The first-order valence-electron chi connectivity index (χ1n) is 13.9. The van der Waals surface area contributed by atoms with Gasteiger partial charge in [0.25, 0.3) is 0 Å². The van der Waals surface area contributed by atoms with Crippen LogP contribution in [0.5, 0.6) is 0 Å². The summed E-state index contributed by atoms with van der Waals surface area (Å²) < 4.78 is 5.55. The molecule has 5 unspecified atom stereocenters. The van der Waals surface area contributed by atoms with E-state index < -0.39 is 0 Å². The monoisotopic (exact) mass is 478 g/mol. The molecule has 0 aromatic heterocycles. The number of carbonyl (C=O) groups is 2. The van der Waals surface area contributed by atoms with Gasteiger partial charge in [-0.15, -0.1) is 0 Å². The third-order valence-electron chi connectivity index (χ3n) is 9.35. The minimum atomic E-state index is -0.0338. The molecular weight excluding hydrogens is 432 g/mol. The molecule has 0 spiro atoms. The molecule has 4 N–H and O–H groups in total. The average Bonchev–Trinajstić information content (AvgIpc) is 3.30. The van der Waals surface area contributed by atoms with Crippen molar-refractivity contribution >= 4 is 11.8 Å². The number of fused-ring (bicyclic) bond motifs is 1. The molecule has 5 heterocycles. The lowest BCUT2D eigenvalue weighted by atomic mass is 10.0. The Morgan fingerprint density at radius 1 is 1.09 bits per heavy atom. The Balaban J connectivity index is 1.11. The molecule has 0 bridgehead atoms. The summed E-state index contributed by atoms with van der Waals surface area (Å²) in [6.07, 6.45) is 9.13. The molecule has 0 aromatic rings. The van der Waals surface area contributed by atoms with Crippen molar-refractivity contribution in [1.82, 2.24) is 20.0 Å². The number of ether oxygens (including phenoxy) is 1. The van der Waals surface area contributed by atoms with Crippen molar-refractivity contribution < 1.29 is 24.5 Å². The van der Waals surface area contributed by atoms with Crippen LogP contribution in [-0.2, 0) is 14.3 Å². The topological polar surface area (TPSA) is 86.2 Å². The maximum atomic E-state index is 13.1. The standard InChI is InChI=1S/C25H44N6O3/c1-28-20(5-6-23(32)30-14-12-29(13-15-30)22-4-2-3-10-26-22)18-27-25(33)24-21(28)7-11-31(24)19-8-16-34-17-9-19/h19-22,24,26H,2-18H2,1H3,(H,27,33)/p+2. The number of likely N-dealkylation sites (tertiary alicyclic amines) is 1. The fourth-order valence-electron chi connectivity index (χ4n) is 7.19. The second-order valence-electron chi connectivity index (χ2n) is 11.2. The first kappa shape index (κ1) is 24.4. The van der Waals surface area contributed by atoms with Crippen LogP contribution in [0.15, 0.2) is 0 Å². The summed E-state index contributed by atoms with van der Waals surface area (Å²) in [5.41, 5.74) is 0. The molecule has 5 rings (SSSR count). The normalized spacial score (nSPS) is 36.7. The third kappa shape index (κ3) is 5.28. The highest BCUT2D eigenvalue weighted by Gasteiger charge is 2.50. The summed E-state index contributed by atoms with van der Waals surface area (Å²) >= 11 is 0. The average molecular weight is 479 g/mol. The van der Waals surface area contributed by atoms with E-state index in [0.717, 1.165) is 71.6 Å². The van der Waals surface area contributed by atoms with Crippen molar-refractivity contribution in [2.75, 3.05) is 66.1 Å². The van der Waals surface area contributed by atoms with Gasteiger partial charge >= 0.3 is 0 Å². The molecule has 2 amide bonds. The van der Waals surface area contributed by atoms with Crippen molar-refractivity contribution in [3.63, 3.8) is 0 Å². The predicted octanol–water partition coefficient (Wildman–Crippen LogP) is -2.38. The number of piperidine rings is 1. The van der Waals surface area contributed by atoms with E-state index in [1.165, 1.54) is 30.7 Å². The first-order valence-corrected chi connectivity index (χ1v) is 13.9. The second-order valence-corrected chi connectivity index (χ2v) is 11.2. The van der Waals surface area contributed by atoms with Gasteiger partial charge < -0.3 is 25.2 Å². The lowest BCUT2D eigenvalue weighted by Gasteiger charge is -2.39. The highest BCUT2D eigenvalue weighted by atomic mass is 16.5. The number of hydrogen-bond acceptors (Lipinski definition) is 5. The van der Waals surface area contributed by atoms with Crippen LogP contribution in [0.3, 0.4) is 0 Å². The molecule has 34 heavy (non-hydrogen) atoms. The van der Waals surface area contributed by atoms with E-state index >= 15 is 0 Å². The Hall–Kier alpha value is -1.26. The molecule has 192 valence electrons. The molecule has 5 atom stereocenters. The summed E-state index contributed by atoms with van der Waals surface area (Å²) in [6, 6.07) is 1.05. The van der Waals surface area contributed by atoms with Crippen LogP contribution in [0, 0.1) is 0 Å². The highest BCUT2D eigenvalue weighted by Crippen LogP contribution is 2.26. The molecule has 9 heteroatoms. The number of carbonyl (C=O) groups excluding carboxylic acids is 2. The van der Waals surface area contributed by atoms with Crippen LogP contribution in [0.1, 0.15) is 51.4 Å². The van der Waals surface area contributed by atoms with Gasteiger partial charge in [-0.3, -0.25) is 19.4 Å². The van der Waals surface area contributed by atoms with E-state index in [9.17, 15) is 9.59 Å². The number of nitrogens with two attached hydrogens (primary N) is 1. The van der Waals surface area contributed by atoms with E-state index in [0.29, 0.717) is 43.2 Å². The first-order chi connectivity index (χ1) is 16.6. The van der Waals surface area contributed by atoms with E-state index in [1.54, 1.807) is 0 Å². The highest BCUT2D eigenvalue weighted by molar-refractivity contribution is 5.83. The van der Waals surface area contributed by atoms with Crippen molar-refractivity contribution in [2.45, 2.75) is 81.7 Å². The SMILES string of the molecule is C[NH+]1C(CCC(=O)N2CCN(C3CCCC[NH2+]3)CC2)CNC(=O)C2C1CCN2C1CCOCC1. The summed E-state index contributed by atoms with van der Waals surface area (Å²) in [5.74, 6) is 0.486. The summed E-state index contributed by atoms with van der Waals surface area (Å²) in [5, 5.41) is 5.73. The van der Waals surface area contributed by atoms with Crippen LogP contribution in [-0.4, -0.2) is 123 Å². The van der Waals surface area contributed by atoms with Crippen LogP contribution in [0.2, 0.25) is 0 Å². The minimum Gasteiger partial charge on any atom is -0.381 e. The zero-order valence-corrected chi connectivity index (χ0v) is 21.1. The van der Waals surface area contributed by atoms with Crippen molar-refractivity contribution in [3.05, 3.63) is 0 Å². The van der Waals surface area contributed by atoms with Crippen molar-refractivity contribution in [2.24, 2.45) is 0 Å². The number of nitrogens with zero attached hydrogens (tertiary/aromatic N) is 3. The summed E-state index contributed by atoms with van der Waals surface area (Å²) in [6.45, 7) is 8.26. The molecule has 0 aliphatic carbocycles. The smallest absolute Gasteiger partial charge is 0.243 e. The minimum absolute atomic E-state index is 0.0338. The van der Waals surface area contributed by atoms with Crippen LogP contribution >= 0.6 is 0 Å². The van der Waals surface area contributed by atoms with Crippen molar-refractivity contribution in [1.29, 1.82) is 0 Å². The van der Waals surface area contributed by atoms with Gasteiger partial charge in [-0.25, -0.2) is 0 Å². The number of rotatable bonds is 5. The lowest BCUT2D eigenvalue weighted by molar-refractivity contribution is -0.928. The Labute approximate surface area is 204 Å². The fourth-order valence-corrected chi connectivity index (χ4v) is 7.19. The van der Waals surface area contributed by atoms with E-state index in [1.807, 2.05) is 0 Å². The maximum absolute atomic E-state index is 13.1. The number of nitrogens with one attached hydrogen (secondary N) is 2. The van der Waals surface area contributed by atoms with E-state index in [2.05, 4.69) is 32.4 Å². The van der Waals surface area contributed by atoms with Gasteiger partial charge in [0.1, 0.15) is 24.3 Å². The zero-order chi connectivity index (χ0) is 23.5. The van der Waals surface area contributed by atoms with Gasteiger partial charge in [0.2, 0.25) is 11.8 Å². The Morgan fingerprint density at radius 3 is 2.62 bits per heavy atom. The second kappa shape index (κ2) is 11.2. The molecule has 0 aromatic carbocycles. The fraction of sp³-hybridized carbons (Fsp3) is 0.920. The molecule has 5 aliphatic heterocycles.